The van der Waals surface area contributed by atoms with E-state index in [0.717, 1.165) is 12.8 Å². The first-order chi connectivity index (χ1) is 25.8. The predicted molar refractivity (Wildman–Crippen MR) is 245 cm³/mol. The molecule has 0 nitrogen and oxygen atoms in total. The molecule has 0 saturated heterocycles. The maximum absolute atomic E-state index is 3.88. The van der Waals surface area contributed by atoms with E-state index in [9.17, 15) is 0 Å². The van der Waals surface area contributed by atoms with Gasteiger partial charge in [0, 0.05) is 0 Å². The maximum atomic E-state index is 3.88. The molecule has 56 heavy (non-hydrogen) atoms. The molecule has 0 radical (unpaired) electrons. The third-order valence-corrected chi connectivity index (χ3v) is 16.2. The van der Waals surface area contributed by atoms with Crippen molar-refractivity contribution in [2.24, 2.45) is 0 Å². The Morgan fingerprint density at radius 3 is 1.52 bits per heavy atom. The average molecular weight is 869 g/mol. The van der Waals surface area contributed by atoms with Gasteiger partial charge in [-0.15, -0.1) is 60.1 Å². The van der Waals surface area contributed by atoms with Crippen molar-refractivity contribution in [2.45, 2.75) is 79.1 Å². The van der Waals surface area contributed by atoms with Crippen LogP contribution in [0.2, 0.25) is 0 Å². The summed E-state index contributed by atoms with van der Waals surface area (Å²) < 4.78 is 0. The Balaban J connectivity index is 0.000000252. The minimum absolute atomic E-state index is 0. The van der Waals surface area contributed by atoms with Crippen molar-refractivity contribution in [3.63, 3.8) is 0 Å². The molecule has 0 bridgehead atoms. The second kappa shape index (κ2) is 19.8. The molecule has 0 unspecified atom stereocenters. The Morgan fingerprint density at radius 2 is 1.07 bits per heavy atom. The first kappa shape index (κ1) is 45.2. The molecule has 0 aromatic heterocycles. The molecular formula is C52H54Cl2SiZr. The van der Waals surface area contributed by atoms with Gasteiger partial charge in [-0.05, 0) is 39.5 Å². The molecule has 0 heterocycles. The van der Waals surface area contributed by atoms with Crippen LogP contribution >= 0.6 is 24.8 Å². The molecule has 0 aliphatic heterocycles. The molecule has 0 spiro atoms. The molecule has 6 aromatic rings. The van der Waals surface area contributed by atoms with Crippen LogP contribution in [-0.4, -0.2) is 5.43 Å². The third kappa shape index (κ3) is 11.1. The van der Waals surface area contributed by atoms with E-state index in [1.165, 1.54) is 77.1 Å². The molecule has 6 aromatic carbocycles. The van der Waals surface area contributed by atoms with Crippen molar-refractivity contribution >= 4 is 40.6 Å². The molecule has 0 atom stereocenters. The Morgan fingerprint density at radius 1 is 0.571 bits per heavy atom. The van der Waals surface area contributed by atoms with Crippen molar-refractivity contribution in [3.05, 3.63) is 191 Å². The van der Waals surface area contributed by atoms with Gasteiger partial charge in [0.25, 0.3) is 0 Å². The van der Waals surface area contributed by atoms with Crippen LogP contribution in [0.15, 0.2) is 146 Å². The summed E-state index contributed by atoms with van der Waals surface area (Å²) in [6, 6.07) is 50.9. The molecular weight excluding hydrogens is 815 g/mol. The van der Waals surface area contributed by atoms with Crippen molar-refractivity contribution in [1.29, 1.82) is 0 Å². The second-order valence-corrected chi connectivity index (χ2v) is 22.1. The smallest absolute Gasteiger partial charge is 0.109 e. The first-order valence-corrected chi connectivity index (χ1v) is 24.3. The topological polar surface area (TPSA) is 0 Å². The molecule has 2 aliphatic carbocycles. The number of hydrogen-bond acceptors (Lipinski definition) is 0. The van der Waals surface area contributed by atoms with E-state index in [0.29, 0.717) is 0 Å². The van der Waals surface area contributed by atoms with Gasteiger partial charge < -0.3 is 0 Å². The molecule has 284 valence electrons. The Hall–Kier alpha value is -3.52. The van der Waals surface area contributed by atoms with Crippen LogP contribution in [0.4, 0.5) is 0 Å². The normalized spacial score (nSPS) is 12.2. The monoisotopic (exact) mass is 866 g/mol. The Labute approximate surface area is 364 Å². The van der Waals surface area contributed by atoms with E-state index in [2.05, 4.69) is 201 Å². The summed E-state index contributed by atoms with van der Waals surface area (Å²) in [5, 5.41) is 3.05. The number of rotatable bonds is 4. The second-order valence-electron chi connectivity index (χ2n) is 16.5. The van der Waals surface area contributed by atoms with Crippen LogP contribution in [-0.2, 0) is 40.6 Å². The van der Waals surface area contributed by atoms with Crippen molar-refractivity contribution in [2.75, 3.05) is 0 Å². The van der Waals surface area contributed by atoms with Gasteiger partial charge >= 0.3 is 113 Å². The number of allylic oxidation sites excluding steroid dienone is 4. The van der Waals surface area contributed by atoms with Crippen LogP contribution in [0.25, 0.3) is 33.4 Å². The summed E-state index contributed by atoms with van der Waals surface area (Å²) >= 11 is 1.65. The largest absolute Gasteiger partial charge is 0.273 e. The number of benzene rings is 6. The molecule has 0 saturated carbocycles. The van der Waals surface area contributed by atoms with E-state index in [1.54, 1.807) is 23.3 Å². The van der Waals surface area contributed by atoms with Gasteiger partial charge in [0.15, 0.2) is 0 Å². The van der Waals surface area contributed by atoms with E-state index >= 15 is 0 Å². The minimum atomic E-state index is -0.488. The van der Waals surface area contributed by atoms with Gasteiger partial charge in [-0.25, -0.2) is 12.2 Å². The van der Waals surface area contributed by atoms with Gasteiger partial charge in [-0.2, -0.15) is 6.08 Å². The summed E-state index contributed by atoms with van der Waals surface area (Å²) in [4.78, 5) is 0. The molecule has 8 rings (SSSR count). The summed E-state index contributed by atoms with van der Waals surface area (Å²) in [6.07, 6.45) is 10.9. The fraction of sp³-hybridized carbons (Fsp3) is 0.231. The zero-order chi connectivity index (χ0) is 38.5. The number of fused-ring (bicyclic) bond motifs is 3. The summed E-state index contributed by atoms with van der Waals surface area (Å²) in [5.41, 5.74) is 15.7. The fourth-order valence-electron chi connectivity index (χ4n) is 7.05. The summed E-state index contributed by atoms with van der Waals surface area (Å²) in [7, 11) is 0. The van der Waals surface area contributed by atoms with E-state index in [4.69, 9.17) is 0 Å². The number of aryl methyl sites for hydroxylation is 2. The van der Waals surface area contributed by atoms with Gasteiger partial charge in [0.1, 0.15) is 0 Å². The van der Waals surface area contributed by atoms with Crippen molar-refractivity contribution < 1.29 is 23.3 Å². The third-order valence-electron chi connectivity index (χ3n) is 10.1. The fourth-order valence-corrected chi connectivity index (χ4v) is 10.8. The van der Waals surface area contributed by atoms with Gasteiger partial charge in [0.2, 0.25) is 0 Å². The SMILES string of the molecule is CC(C)(C)c1cc2c([c-]c1-c1ccccc1)Cc1cc(-c3ccccc3)c(C(C)(C)C)cc1-2.Cc1ccc([Si](=[Zr+2])c2ccc(C)cc2)cc1.Cl.Cl.[C-]1=CC=CC1. The first-order valence-electron chi connectivity index (χ1n) is 19.1. The van der Waals surface area contributed by atoms with Crippen LogP contribution < -0.4 is 10.4 Å². The molecule has 4 heteroatoms. The quantitative estimate of drug-likeness (QED) is 0.122. The van der Waals surface area contributed by atoms with E-state index < -0.39 is 5.43 Å². The average Bonchev–Trinajstić information content (AvgIpc) is 3.86. The van der Waals surface area contributed by atoms with Crippen LogP contribution in [0.5, 0.6) is 0 Å². The van der Waals surface area contributed by atoms with Crippen molar-refractivity contribution in [1.82, 2.24) is 0 Å². The van der Waals surface area contributed by atoms with Gasteiger partial charge in [0.05, 0.1) is 0 Å². The molecule has 0 N–H and O–H groups in total. The minimum Gasteiger partial charge on any atom is -0.273 e. The number of halogens is 2. The molecule has 2 aliphatic rings. The van der Waals surface area contributed by atoms with E-state index in [-0.39, 0.29) is 35.6 Å². The molecule has 0 amide bonds. The van der Waals surface area contributed by atoms with Crippen LogP contribution in [0, 0.1) is 26.0 Å². The summed E-state index contributed by atoms with van der Waals surface area (Å²) in [5.74, 6) is 0. The van der Waals surface area contributed by atoms with Crippen molar-refractivity contribution in [3.8, 4) is 33.4 Å². The van der Waals surface area contributed by atoms with Gasteiger partial charge in [-0.3, -0.25) is 6.08 Å². The predicted octanol–water partition coefficient (Wildman–Crippen LogP) is 13.1. The Kier molecular flexibility index (Phi) is 15.9. The van der Waals surface area contributed by atoms with Crippen LogP contribution in [0.3, 0.4) is 0 Å². The zero-order valence-electron chi connectivity index (χ0n) is 34.1. The summed E-state index contributed by atoms with van der Waals surface area (Å²) in [6.45, 7) is 18.2. The number of hydrogen-bond donors (Lipinski definition) is 0. The maximum Gasteiger partial charge on any atom is -0.109 e. The Bertz CT molecular complexity index is 2130. The standard InChI is InChI=1S/C33H33.C14H14Si.C5H5.2ClH.Zr/c1-32(2,3)30-20-26-24(18-28(30)22-13-9-7-10-14-22)17-25-19-29(23-15-11-8-12-16-23)31(21-27(25)26)33(4,5)6;1-11-3-7-13(8-4-11)15-14-9-5-12(2)6-10-14;1-2-4-5-3-1;;;/h7-16,18,20-21H,17H2,1-6H3;3-10H,1-2H3;1-3H,4H2;2*1H;/q-1;;-1;;;+2. The van der Waals surface area contributed by atoms with Crippen LogP contribution in [0.1, 0.15) is 81.3 Å². The van der Waals surface area contributed by atoms with Gasteiger partial charge in [-0.1, -0.05) is 131 Å². The zero-order valence-corrected chi connectivity index (χ0v) is 39.2. The molecule has 0 fully saturated rings. The van der Waals surface area contributed by atoms with E-state index in [1.807, 2.05) is 12.2 Å².